The van der Waals surface area contributed by atoms with Crippen molar-refractivity contribution in [3.63, 3.8) is 0 Å². The minimum atomic E-state index is 0. The first-order valence-corrected chi connectivity index (χ1v) is 7.68. The maximum Gasteiger partial charge on any atom is 0.0349 e. The average molecular weight is 333 g/mol. The number of benzene rings is 1. The van der Waals surface area contributed by atoms with E-state index >= 15 is 0 Å². The van der Waals surface area contributed by atoms with Gasteiger partial charge >= 0.3 is 0 Å². The third-order valence-corrected chi connectivity index (χ3v) is 4.07. The Morgan fingerprint density at radius 3 is 2.10 bits per heavy atom. The molecule has 1 aromatic carbocycles. The second-order valence-electron chi connectivity index (χ2n) is 6.18. The highest BCUT2D eigenvalue weighted by atomic mass is 35.5. The van der Waals surface area contributed by atoms with Gasteiger partial charge in [-0.05, 0) is 31.2 Å². The average Bonchev–Trinajstić information content (AvgIpc) is 2.42. The third kappa shape index (κ3) is 6.56. The summed E-state index contributed by atoms with van der Waals surface area (Å²) in [5.41, 5.74) is 2.85. The number of nitrogens with one attached hydrogen (secondary N) is 1. The molecule has 1 fully saturated rings. The van der Waals surface area contributed by atoms with Crippen molar-refractivity contribution in [1.82, 2.24) is 10.2 Å². The molecule has 1 saturated heterocycles. The van der Waals surface area contributed by atoms with Crippen LogP contribution in [0.3, 0.4) is 0 Å². The molecule has 1 aliphatic heterocycles. The molecule has 1 heterocycles. The van der Waals surface area contributed by atoms with E-state index in [-0.39, 0.29) is 24.8 Å². The zero-order valence-electron chi connectivity index (χ0n) is 13.5. The monoisotopic (exact) mass is 332 g/mol. The van der Waals surface area contributed by atoms with Gasteiger partial charge in [-0.25, -0.2) is 0 Å². The van der Waals surface area contributed by atoms with E-state index in [0.717, 1.165) is 19.0 Å². The summed E-state index contributed by atoms with van der Waals surface area (Å²) in [6.07, 6.45) is 2.59. The SMILES string of the molecule is Cc1ccc([C@H](CCC(C)C)N2CCNCC2)cc1.Cl.Cl. The van der Waals surface area contributed by atoms with E-state index < -0.39 is 0 Å². The standard InChI is InChI=1S/C17H28N2.2ClH/c1-14(2)4-9-17(19-12-10-18-11-13-19)16-7-5-15(3)6-8-16;;/h5-8,14,17-18H,4,9-13H2,1-3H3;2*1H/t17-;;/m0../s1. The van der Waals surface area contributed by atoms with Crippen molar-refractivity contribution >= 4 is 24.8 Å². The number of piperazine rings is 1. The van der Waals surface area contributed by atoms with Crippen LogP contribution in [0, 0.1) is 12.8 Å². The Bertz CT molecular complexity index is 373. The lowest BCUT2D eigenvalue weighted by Crippen LogP contribution is -2.45. The normalized spacial score (nSPS) is 17.0. The minimum absolute atomic E-state index is 0. The molecule has 1 aliphatic rings. The summed E-state index contributed by atoms with van der Waals surface area (Å²) in [5, 5.41) is 3.45. The fourth-order valence-electron chi connectivity index (χ4n) is 2.83. The van der Waals surface area contributed by atoms with Crippen LogP contribution in [0.2, 0.25) is 0 Å². The highest BCUT2D eigenvalue weighted by molar-refractivity contribution is 5.85. The minimum Gasteiger partial charge on any atom is -0.314 e. The van der Waals surface area contributed by atoms with Crippen molar-refractivity contribution in [3.05, 3.63) is 35.4 Å². The van der Waals surface area contributed by atoms with Crippen LogP contribution in [0.1, 0.15) is 43.9 Å². The molecule has 21 heavy (non-hydrogen) atoms. The van der Waals surface area contributed by atoms with Crippen LogP contribution in [-0.2, 0) is 0 Å². The van der Waals surface area contributed by atoms with Crippen molar-refractivity contribution < 1.29 is 0 Å². The predicted octanol–water partition coefficient (Wildman–Crippen LogP) is 4.22. The van der Waals surface area contributed by atoms with Gasteiger partial charge in [0, 0.05) is 32.2 Å². The topological polar surface area (TPSA) is 15.3 Å². The van der Waals surface area contributed by atoms with E-state index in [9.17, 15) is 0 Å². The number of nitrogens with zero attached hydrogens (tertiary/aromatic N) is 1. The number of rotatable bonds is 5. The first-order valence-electron chi connectivity index (χ1n) is 7.68. The van der Waals surface area contributed by atoms with Crippen molar-refractivity contribution in [2.24, 2.45) is 5.92 Å². The van der Waals surface area contributed by atoms with Crippen molar-refractivity contribution in [2.45, 2.75) is 39.7 Å². The van der Waals surface area contributed by atoms with Gasteiger partial charge in [0.1, 0.15) is 0 Å². The Hall–Kier alpha value is -0.280. The van der Waals surface area contributed by atoms with E-state index in [1.807, 2.05) is 0 Å². The van der Waals surface area contributed by atoms with Gasteiger partial charge in [-0.1, -0.05) is 43.7 Å². The third-order valence-electron chi connectivity index (χ3n) is 4.07. The number of halogens is 2. The zero-order chi connectivity index (χ0) is 13.7. The summed E-state index contributed by atoms with van der Waals surface area (Å²) >= 11 is 0. The Morgan fingerprint density at radius 1 is 1.00 bits per heavy atom. The molecule has 2 rings (SSSR count). The van der Waals surface area contributed by atoms with Crippen molar-refractivity contribution in [1.29, 1.82) is 0 Å². The summed E-state index contributed by atoms with van der Waals surface area (Å²) in [7, 11) is 0. The maximum absolute atomic E-state index is 3.45. The Kier molecular flexibility index (Phi) is 10.3. The molecule has 0 amide bonds. The van der Waals surface area contributed by atoms with E-state index in [2.05, 4.69) is 55.3 Å². The molecule has 122 valence electrons. The van der Waals surface area contributed by atoms with E-state index in [4.69, 9.17) is 0 Å². The molecule has 0 aliphatic carbocycles. The second kappa shape index (κ2) is 10.4. The van der Waals surface area contributed by atoms with Crippen molar-refractivity contribution in [2.75, 3.05) is 26.2 Å². The van der Waals surface area contributed by atoms with Gasteiger partial charge in [0.2, 0.25) is 0 Å². The van der Waals surface area contributed by atoms with Gasteiger partial charge in [0.25, 0.3) is 0 Å². The first-order chi connectivity index (χ1) is 9.16. The van der Waals surface area contributed by atoms with E-state index in [1.54, 1.807) is 0 Å². The second-order valence-corrected chi connectivity index (χ2v) is 6.18. The highest BCUT2D eigenvalue weighted by Gasteiger charge is 2.21. The Balaban J connectivity index is 0.00000200. The van der Waals surface area contributed by atoms with Gasteiger partial charge in [-0.2, -0.15) is 0 Å². The highest BCUT2D eigenvalue weighted by Crippen LogP contribution is 2.27. The van der Waals surface area contributed by atoms with Crippen LogP contribution in [-0.4, -0.2) is 31.1 Å². The van der Waals surface area contributed by atoms with Crippen LogP contribution in [0.5, 0.6) is 0 Å². The summed E-state index contributed by atoms with van der Waals surface area (Å²) in [4.78, 5) is 2.66. The molecule has 0 aromatic heterocycles. The van der Waals surface area contributed by atoms with Crippen molar-refractivity contribution in [3.8, 4) is 0 Å². The molecule has 4 heteroatoms. The molecule has 1 aromatic rings. The fourth-order valence-corrected chi connectivity index (χ4v) is 2.83. The molecular formula is C17H30Cl2N2. The van der Waals surface area contributed by atoms with E-state index in [0.29, 0.717) is 6.04 Å². The predicted molar refractivity (Wildman–Crippen MR) is 96.9 cm³/mol. The smallest absolute Gasteiger partial charge is 0.0349 e. The van der Waals surface area contributed by atoms with Crippen LogP contribution in [0.4, 0.5) is 0 Å². The summed E-state index contributed by atoms with van der Waals surface area (Å²) < 4.78 is 0. The van der Waals surface area contributed by atoms with Gasteiger partial charge in [-0.3, -0.25) is 4.90 Å². The maximum atomic E-state index is 3.45. The van der Waals surface area contributed by atoms with Gasteiger partial charge in [0.15, 0.2) is 0 Å². The number of hydrogen-bond acceptors (Lipinski definition) is 2. The van der Waals surface area contributed by atoms with Gasteiger partial charge in [-0.15, -0.1) is 24.8 Å². The van der Waals surface area contributed by atoms with Crippen LogP contribution in [0.15, 0.2) is 24.3 Å². The van der Waals surface area contributed by atoms with E-state index in [1.165, 1.54) is 37.1 Å². The molecule has 0 saturated carbocycles. The van der Waals surface area contributed by atoms with Gasteiger partial charge in [0.05, 0.1) is 0 Å². The largest absolute Gasteiger partial charge is 0.314 e. The first kappa shape index (κ1) is 20.7. The Morgan fingerprint density at radius 2 is 1.57 bits per heavy atom. The molecule has 2 nitrogen and oxygen atoms in total. The number of aryl methyl sites for hydroxylation is 1. The molecule has 1 N–H and O–H groups in total. The molecule has 0 unspecified atom stereocenters. The molecule has 0 spiro atoms. The summed E-state index contributed by atoms with van der Waals surface area (Å²) in [6, 6.07) is 9.75. The molecule has 1 atom stereocenters. The fraction of sp³-hybridized carbons (Fsp3) is 0.647. The lowest BCUT2D eigenvalue weighted by molar-refractivity contribution is 0.160. The zero-order valence-corrected chi connectivity index (χ0v) is 15.1. The van der Waals surface area contributed by atoms with Crippen LogP contribution < -0.4 is 5.32 Å². The molecule has 0 bridgehead atoms. The molecule has 0 radical (unpaired) electrons. The summed E-state index contributed by atoms with van der Waals surface area (Å²) in [6.45, 7) is 11.4. The van der Waals surface area contributed by atoms with Gasteiger partial charge < -0.3 is 5.32 Å². The van der Waals surface area contributed by atoms with Crippen LogP contribution in [0.25, 0.3) is 0 Å². The van der Waals surface area contributed by atoms with Crippen LogP contribution >= 0.6 is 24.8 Å². The molecular weight excluding hydrogens is 303 g/mol. The number of hydrogen-bond donors (Lipinski definition) is 1. The Labute approximate surface area is 142 Å². The lowest BCUT2D eigenvalue weighted by atomic mass is 9.95. The quantitative estimate of drug-likeness (QED) is 0.868. The summed E-state index contributed by atoms with van der Waals surface area (Å²) in [5.74, 6) is 0.788. The lowest BCUT2D eigenvalue weighted by Gasteiger charge is -2.35.